The Bertz CT molecular complexity index is 1470. The number of amides is 1. The van der Waals surface area contributed by atoms with Gasteiger partial charge in [-0.15, -0.1) is 12.4 Å². The van der Waals surface area contributed by atoms with Gasteiger partial charge in [-0.05, 0) is 84.9 Å². The highest BCUT2D eigenvalue weighted by atomic mass is 35.5. The van der Waals surface area contributed by atoms with Crippen LogP contribution in [0.25, 0.3) is 12.2 Å². The quantitative estimate of drug-likeness (QED) is 0.148. The number of non-ortho nitro benzene ring substituents is 2. The maximum absolute atomic E-state index is 13.6. The van der Waals surface area contributed by atoms with Crippen LogP contribution in [-0.4, -0.2) is 70.7 Å². The van der Waals surface area contributed by atoms with Crippen molar-refractivity contribution in [1.82, 2.24) is 9.80 Å². The number of hydrogen-bond donors (Lipinski definition) is 0. The van der Waals surface area contributed by atoms with Crippen LogP contribution >= 0.6 is 12.4 Å². The summed E-state index contributed by atoms with van der Waals surface area (Å²) in [6.45, 7) is 7.46. The van der Waals surface area contributed by atoms with Gasteiger partial charge in [0.25, 0.3) is 17.3 Å². The summed E-state index contributed by atoms with van der Waals surface area (Å²) in [5.74, 6) is 0.0825. The lowest BCUT2D eigenvalue weighted by atomic mass is 9.93. The zero-order valence-electron chi connectivity index (χ0n) is 24.4. The number of rotatable bonds is 11. The van der Waals surface area contributed by atoms with Gasteiger partial charge in [-0.25, -0.2) is 0 Å². The zero-order chi connectivity index (χ0) is 30.9. The predicted octanol–water partition coefficient (Wildman–Crippen LogP) is 5.84. The monoisotopic (exact) mass is 620 g/mol. The average Bonchev–Trinajstić information content (AvgIpc) is 3.01. The van der Waals surface area contributed by atoms with Gasteiger partial charge in [-0.2, -0.15) is 0 Å². The summed E-state index contributed by atoms with van der Waals surface area (Å²) in [5, 5.41) is 22.1. The van der Waals surface area contributed by atoms with E-state index in [2.05, 4.69) is 18.7 Å². The number of piperidine rings is 1. The van der Waals surface area contributed by atoms with E-state index >= 15 is 0 Å². The Morgan fingerprint density at radius 2 is 1.27 bits per heavy atom. The summed E-state index contributed by atoms with van der Waals surface area (Å²) in [6.07, 6.45) is 3.23. The molecule has 4 rings (SSSR count). The molecule has 1 saturated heterocycles. The van der Waals surface area contributed by atoms with Crippen LogP contribution in [0.4, 0.5) is 11.4 Å². The van der Waals surface area contributed by atoms with Crippen molar-refractivity contribution >= 4 is 47.6 Å². The third-order valence-corrected chi connectivity index (χ3v) is 7.15. The van der Waals surface area contributed by atoms with Gasteiger partial charge in [0.2, 0.25) is 0 Å². The van der Waals surface area contributed by atoms with E-state index in [9.17, 15) is 29.8 Å². The molecule has 3 aromatic rings. The van der Waals surface area contributed by atoms with Crippen molar-refractivity contribution in [3.8, 4) is 5.75 Å². The molecule has 0 bridgehead atoms. The van der Waals surface area contributed by atoms with E-state index in [1.54, 1.807) is 41.3 Å². The third-order valence-electron chi connectivity index (χ3n) is 7.15. The number of carbonyl (C=O) groups excluding carboxylic acids is 2. The Hall–Kier alpha value is -4.87. The average molecular weight is 621 g/mol. The lowest BCUT2D eigenvalue weighted by Gasteiger charge is -2.30. The highest BCUT2D eigenvalue weighted by molar-refractivity contribution is 6.16. The maximum atomic E-state index is 13.6. The van der Waals surface area contributed by atoms with E-state index in [0.717, 1.165) is 19.6 Å². The van der Waals surface area contributed by atoms with Crippen LogP contribution in [0.15, 0.2) is 83.9 Å². The Labute approximate surface area is 261 Å². The second kappa shape index (κ2) is 15.6. The molecular formula is C32H33ClN4O7. The summed E-state index contributed by atoms with van der Waals surface area (Å²) < 4.78 is 5.83. The standard InChI is InChI=1S/C32H32N4O7.ClH/c1-3-33(4-2)17-18-43-30-15-9-25(10-16-30)32(38)34-21-26(19-23-5-11-28(12-6-23)35(39)40)31(37)27(22-34)20-24-7-13-29(14-8-24)36(41)42;/h5-16,19-20H,3-4,17-18,21-22H2,1-2H3;1H/b26-19+,27-20+;. The Kier molecular flexibility index (Phi) is 11.9. The van der Waals surface area contributed by atoms with E-state index in [0.29, 0.717) is 40.2 Å². The molecular weight excluding hydrogens is 588 g/mol. The van der Waals surface area contributed by atoms with Crippen LogP contribution in [0.5, 0.6) is 5.75 Å². The van der Waals surface area contributed by atoms with Crippen LogP contribution in [0.1, 0.15) is 35.3 Å². The largest absolute Gasteiger partial charge is 0.492 e. The molecule has 230 valence electrons. The van der Waals surface area contributed by atoms with E-state index in [1.807, 2.05) is 0 Å². The van der Waals surface area contributed by atoms with Gasteiger partial charge < -0.3 is 14.5 Å². The molecule has 0 unspecified atom stereocenters. The molecule has 1 fully saturated rings. The first-order chi connectivity index (χ1) is 20.7. The Morgan fingerprint density at radius 1 is 0.818 bits per heavy atom. The van der Waals surface area contributed by atoms with Crippen LogP contribution in [0.2, 0.25) is 0 Å². The van der Waals surface area contributed by atoms with Crippen molar-refractivity contribution in [3.63, 3.8) is 0 Å². The number of ketones is 1. The molecule has 0 N–H and O–H groups in total. The maximum Gasteiger partial charge on any atom is 0.269 e. The molecule has 0 spiro atoms. The lowest BCUT2D eigenvalue weighted by Crippen LogP contribution is -2.41. The molecule has 3 aromatic carbocycles. The van der Waals surface area contributed by atoms with Gasteiger partial charge in [-0.3, -0.25) is 29.8 Å². The number of hydrogen-bond acceptors (Lipinski definition) is 8. The highest BCUT2D eigenvalue weighted by Crippen LogP contribution is 2.25. The molecule has 44 heavy (non-hydrogen) atoms. The number of carbonyl (C=O) groups is 2. The molecule has 0 saturated carbocycles. The van der Waals surface area contributed by atoms with Gasteiger partial charge in [0.05, 0.1) is 22.9 Å². The molecule has 0 aromatic heterocycles. The Morgan fingerprint density at radius 3 is 1.68 bits per heavy atom. The first-order valence-electron chi connectivity index (χ1n) is 13.9. The van der Waals surface area contributed by atoms with Crippen molar-refractivity contribution in [2.24, 2.45) is 0 Å². The number of nitro benzene ring substituents is 2. The summed E-state index contributed by atoms with van der Waals surface area (Å²) in [4.78, 5) is 52.0. The van der Waals surface area contributed by atoms with Crippen molar-refractivity contribution < 1.29 is 24.2 Å². The normalized spacial score (nSPS) is 14.9. The molecule has 1 aliphatic rings. The molecule has 0 aliphatic carbocycles. The number of nitrogens with zero attached hydrogens (tertiary/aromatic N) is 4. The van der Waals surface area contributed by atoms with E-state index in [-0.39, 0.29) is 48.6 Å². The fourth-order valence-corrected chi connectivity index (χ4v) is 4.68. The summed E-state index contributed by atoms with van der Waals surface area (Å²) >= 11 is 0. The number of halogens is 1. The molecule has 1 aliphatic heterocycles. The van der Waals surface area contributed by atoms with Gasteiger partial charge in [0, 0.05) is 47.5 Å². The first-order valence-corrected chi connectivity index (χ1v) is 13.9. The SMILES string of the molecule is CCN(CC)CCOc1ccc(C(=O)N2C/C(=C\c3ccc([N+](=O)[O-])cc3)C(=O)/C(=C/c3ccc([N+](=O)[O-])cc3)C2)cc1.Cl. The predicted molar refractivity (Wildman–Crippen MR) is 170 cm³/mol. The number of nitro groups is 2. The van der Waals surface area contributed by atoms with Crippen molar-refractivity contribution in [1.29, 1.82) is 0 Å². The molecule has 0 atom stereocenters. The van der Waals surface area contributed by atoms with Crippen LogP contribution in [-0.2, 0) is 4.79 Å². The fourth-order valence-electron chi connectivity index (χ4n) is 4.68. The number of likely N-dealkylation sites (N-methyl/N-ethyl adjacent to an activating group) is 1. The molecule has 1 heterocycles. The molecule has 1 amide bonds. The van der Waals surface area contributed by atoms with Crippen LogP contribution in [0, 0.1) is 20.2 Å². The Balaban J connectivity index is 0.00000529. The third kappa shape index (κ3) is 8.59. The minimum atomic E-state index is -0.504. The second-order valence-corrected chi connectivity index (χ2v) is 9.93. The fraction of sp³-hybridized carbons (Fsp3) is 0.250. The number of ether oxygens (including phenoxy) is 1. The highest BCUT2D eigenvalue weighted by Gasteiger charge is 2.30. The lowest BCUT2D eigenvalue weighted by molar-refractivity contribution is -0.385. The molecule has 12 heteroatoms. The minimum absolute atomic E-state index is 0. The smallest absolute Gasteiger partial charge is 0.269 e. The van der Waals surface area contributed by atoms with Crippen molar-refractivity contribution in [2.75, 3.05) is 39.3 Å². The van der Waals surface area contributed by atoms with Crippen LogP contribution < -0.4 is 4.74 Å². The number of benzene rings is 3. The van der Waals surface area contributed by atoms with E-state index in [4.69, 9.17) is 4.74 Å². The number of Topliss-reactive ketones (excluding diaryl/α,β-unsaturated/α-hetero) is 1. The van der Waals surface area contributed by atoms with Gasteiger partial charge >= 0.3 is 0 Å². The van der Waals surface area contributed by atoms with E-state index in [1.165, 1.54) is 48.5 Å². The van der Waals surface area contributed by atoms with Gasteiger partial charge in [0.1, 0.15) is 12.4 Å². The summed E-state index contributed by atoms with van der Waals surface area (Å²) in [5.41, 5.74) is 2.08. The number of likely N-dealkylation sites (tertiary alicyclic amines) is 1. The second-order valence-electron chi connectivity index (χ2n) is 9.93. The molecule has 0 radical (unpaired) electrons. The summed E-state index contributed by atoms with van der Waals surface area (Å²) in [6, 6.07) is 18.4. The van der Waals surface area contributed by atoms with Gasteiger partial charge in [-0.1, -0.05) is 13.8 Å². The zero-order valence-corrected chi connectivity index (χ0v) is 25.2. The first kappa shape index (κ1) is 33.6. The van der Waals surface area contributed by atoms with Crippen LogP contribution in [0.3, 0.4) is 0 Å². The minimum Gasteiger partial charge on any atom is -0.492 e. The van der Waals surface area contributed by atoms with Gasteiger partial charge in [0.15, 0.2) is 5.78 Å². The topological polar surface area (TPSA) is 136 Å². The molecule has 11 nitrogen and oxygen atoms in total. The summed E-state index contributed by atoms with van der Waals surface area (Å²) in [7, 11) is 0. The van der Waals surface area contributed by atoms with E-state index < -0.39 is 9.85 Å². The van der Waals surface area contributed by atoms with Crippen molar-refractivity contribution in [3.05, 3.63) is 121 Å². The van der Waals surface area contributed by atoms with Crippen molar-refractivity contribution in [2.45, 2.75) is 13.8 Å².